The summed E-state index contributed by atoms with van der Waals surface area (Å²) in [5.74, 6) is 0.177. The maximum absolute atomic E-state index is 12.4. The van der Waals surface area contributed by atoms with Gasteiger partial charge >= 0.3 is 0 Å². The van der Waals surface area contributed by atoms with Gasteiger partial charge in [0, 0.05) is 23.6 Å². The highest BCUT2D eigenvalue weighted by atomic mass is 16.3. The first kappa shape index (κ1) is 15.5. The van der Waals surface area contributed by atoms with E-state index in [9.17, 15) is 4.79 Å². The molecule has 0 atom stereocenters. The number of hydrogen-bond acceptors (Lipinski definition) is 5. The molecule has 1 N–H and O–H groups in total. The molecule has 0 spiro atoms. The Morgan fingerprint density at radius 3 is 2.85 bits per heavy atom. The first-order chi connectivity index (χ1) is 12.7. The molecular formula is C20H12N4O2. The number of anilines is 1. The average Bonchev–Trinajstić information content (AvgIpc) is 3.12. The van der Waals surface area contributed by atoms with Crippen molar-refractivity contribution in [3.63, 3.8) is 0 Å². The lowest BCUT2D eigenvalue weighted by molar-refractivity contribution is 0.102. The Balaban J connectivity index is 1.61. The standard InChI is InChI=1S/C20H12N4O2/c21-11-13-3-1-4-14(9-13)19(25)23-16-6-7-18-17(10-16)24-20(26-18)15-5-2-8-22-12-15/h1-10,12H,(H,23,25). The van der Waals surface area contributed by atoms with Crippen molar-refractivity contribution in [2.24, 2.45) is 0 Å². The lowest BCUT2D eigenvalue weighted by atomic mass is 10.1. The van der Waals surface area contributed by atoms with Crippen LogP contribution in [0, 0.1) is 11.3 Å². The van der Waals surface area contributed by atoms with Gasteiger partial charge in [0.25, 0.3) is 5.91 Å². The second-order valence-corrected chi connectivity index (χ2v) is 5.59. The van der Waals surface area contributed by atoms with Crippen LogP contribution in [-0.4, -0.2) is 15.9 Å². The highest BCUT2D eigenvalue weighted by Crippen LogP contribution is 2.25. The summed E-state index contributed by atoms with van der Waals surface area (Å²) in [5, 5.41) is 11.8. The lowest BCUT2D eigenvalue weighted by Crippen LogP contribution is -2.11. The maximum atomic E-state index is 12.4. The highest BCUT2D eigenvalue weighted by Gasteiger charge is 2.11. The fourth-order valence-corrected chi connectivity index (χ4v) is 2.55. The molecule has 26 heavy (non-hydrogen) atoms. The third kappa shape index (κ3) is 3.01. The molecule has 124 valence electrons. The number of nitrogens with zero attached hydrogens (tertiary/aromatic N) is 3. The van der Waals surface area contributed by atoms with Crippen molar-refractivity contribution < 1.29 is 9.21 Å². The molecule has 1 amide bonds. The zero-order chi connectivity index (χ0) is 17.9. The van der Waals surface area contributed by atoms with Gasteiger partial charge in [-0.1, -0.05) is 6.07 Å². The van der Waals surface area contributed by atoms with E-state index in [1.54, 1.807) is 54.9 Å². The Bertz CT molecular complexity index is 1140. The summed E-state index contributed by atoms with van der Waals surface area (Å²) in [6.07, 6.45) is 3.36. The Morgan fingerprint density at radius 2 is 2.04 bits per heavy atom. The van der Waals surface area contributed by atoms with Crippen LogP contribution in [0.4, 0.5) is 5.69 Å². The van der Waals surface area contributed by atoms with E-state index in [0.29, 0.717) is 33.8 Å². The summed E-state index contributed by atoms with van der Waals surface area (Å²) in [7, 11) is 0. The number of benzene rings is 2. The molecule has 0 unspecified atom stereocenters. The van der Waals surface area contributed by atoms with Gasteiger partial charge in [-0.05, 0) is 48.5 Å². The van der Waals surface area contributed by atoms with E-state index in [1.807, 2.05) is 18.2 Å². The lowest BCUT2D eigenvalue weighted by Gasteiger charge is -2.05. The molecule has 0 bridgehead atoms. The zero-order valence-electron chi connectivity index (χ0n) is 13.5. The first-order valence-corrected chi connectivity index (χ1v) is 7.85. The average molecular weight is 340 g/mol. The van der Waals surface area contributed by atoms with E-state index in [2.05, 4.69) is 15.3 Å². The number of fused-ring (bicyclic) bond motifs is 1. The minimum atomic E-state index is -0.294. The highest BCUT2D eigenvalue weighted by molar-refractivity contribution is 6.05. The van der Waals surface area contributed by atoms with Crippen LogP contribution in [0.25, 0.3) is 22.6 Å². The molecule has 0 saturated carbocycles. The Labute approximate surface area is 148 Å². The molecule has 0 saturated heterocycles. The second-order valence-electron chi connectivity index (χ2n) is 5.59. The number of carbonyl (C=O) groups is 1. The van der Waals surface area contributed by atoms with E-state index < -0.39 is 0 Å². The third-order valence-corrected chi connectivity index (χ3v) is 3.81. The molecule has 0 aliphatic carbocycles. The van der Waals surface area contributed by atoms with Gasteiger partial charge in [0.1, 0.15) is 5.52 Å². The van der Waals surface area contributed by atoms with Crippen LogP contribution in [0.3, 0.4) is 0 Å². The van der Waals surface area contributed by atoms with E-state index in [4.69, 9.17) is 9.68 Å². The molecule has 2 aromatic heterocycles. The van der Waals surface area contributed by atoms with Crippen LogP contribution in [0.2, 0.25) is 0 Å². The summed E-state index contributed by atoms with van der Waals surface area (Å²) in [4.78, 5) is 20.9. The van der Waals surface area contributed by atoms with Gasteiger partial charge in [0.15, 0.2) is 5.58 Å². The van der Waals surface area contributed by atoms with Gasteiger partial charge in [0.2, 0.25) is 5.89 Å². The fraction of sp³-hybridized carbons (Fsp3) is 0. The van der Waals surface area contributed by atoms with Crippen LogP contribution in [0.1, 0.15) is 15.9 Å². The normalized spacial score (nSPS) is 10.4. The minimum absolute atomic E-state index is 0.294. The Hall–Kier alpha value is -3.98. The number of amides is 1. The van der Waals surface area contributed by atoms with E-state index >= 15 is 0 Å². The number of rotatable bonds is 3. The fourth-order valence-electron chi connectivity index (χ4n) is 2.55. The number of pyridine rings is 1. The van der Waals surface area contributed by atoms with Crippen LogP contribution in [-0.2, 0) is 0 Å². The molecule has 2 aromatic carbocycles. The predicted octanol–water partition coefficient (Wildman–Crippen LogP) is 4.01. The first-order valence-electron chi connectivity index (χ1n) is 7.85. The number of hydrogen-bond donors (Lipinski definition) is 1. The number of nitrogens with one attached hydrogen (secondary N) is 1. The summed E-state index contributed by atoms with van der Waals surface area (Å²) < 4.78 is 5.73. The van der Waals surface area contributed by atoms with Gasteiger partial charge in [-0.25, -0.2) is 4.98 Å². The minimum Gasteiger partial charge on any atom is -0.436 e. The quantitative estimate of drug-likeness (QED) is 0.608. The Morgan fingerprint density at radius 1 is 1.12 bits per heavy atom. The van der Waals surface area contributed by atoms with Crippen molar-refractivity contribution in [1.29, 1.82) is 5.26 Å². The largest absolute Gasteiger partial charge is 0.436 e. The van der Waals surface area contributed by atoms with Crippen LogP contribution < -0.4 is 5.32 Å². The molecular weight excluding hydrogens is 328 g/mol. The predicted molar refractivity (Wildman–Crippen MR) is 96.4 cm³/mol. The molecule has 0 radical (unpaired) electrons. The van der Waals surface area contributed by atoms with Crippen LogP contribution >= 0.6 is 0 Å². The van der Waals surface area contributed by atoms with Crippen molar-refractivity contribution in [2.45, 2.75) is 0 Å². The maximum Gasteiger partial charge on any atom is 0.255 e. The zero-order valence-corrected chi connectivity index (χ0v) is 13.5. The molecule has 6 nitrogen and oxygen atoms in total. The van der Waals surface area contributed by atoms with Crippen molar-refractivity contribution in [3.05, 3.63) is 78.1 Å². The second kappa shape index (κ2) is 6.49. The number of carbonyl (C=O) groups excluding carboxylic acids is 1. The van der Waals surface area contributed by atoms with Crippen molar-refractivity contribution in [3.8, 4) is 17.5 Å². The molecule has 0 fully saturated rings. The Kier molecular flexibility index (Phi) is 3.88. The number of aromatic nitrogens is 2. The third-order valence-electron chi connectivity index (χ3n) is 3.81. The monoisotopic (exact) mass is 340 g/mol. The topological polar surface area (TPSA) is 91.8 Å². The summed E-state index contributed by atoms with van der Waals surface area (Å²) >= 11 is 0. The summed E-state index contributed by atoms with van der Waals surface area (Å²) in [5.41, 5.74) is 3.48. The number of oxazole rings is 1. The van der Waals surface area contributed by atoms with E-state index in [1.165, 1.54) is 0 Å². The van der Waals surface area contributed by atoms with Gasteiger partial charge in [0.05, 0.1) is 17.2 Å². The van der Waals surface area contributed by atoms with E-state index in [0.717, 1.165) is 5.56 Å². The van der Waals surface area contributed by atoms with Crippen molar-refractivity contribution in [2.75, 3.05) is 5.32 Å². The van der Waals surface area contributed by atoms with Crippen molar-refractivity contribution >= 4 is 22.7 Å². The van der Waals surface area contributed by atoms with Gasteiger partial charge in [-0.2, -0.15) is 5.26 Å². The summed E-state index contributed by atoms with van der Waals surface area (Å²) in [6.45, 7) is 0. The molecule has 4 rings (SSSR count). The van der Waals surface area contributed by atoms with E-state index in [-0.39, 0.29) is 5.91 Å². The van der Waals surface area contributed by atoms with Crippen LogP contribution in [0.15, 0.2) is 71.4 Å². The van der Waals surface area contributed by atoms with Crippen molar-refractivity contribution in [1.82, 2.24) is 9.97 Å². The summed E-state index contributed by atoms with van der Waals surface area (Å²) in [6, 6.07) is 17.5. The molecule has 6 heteroatoms. The molecule has 0 aliphatic heterocycles. The van der Waals surface area contributed by atoms with Gasteiger partial charge in [-0.3, -0.25) is 9.78 Å². The van der Waals surface area contributed by atoms with Gasteiger partial charge < -0.3 is 9.73 Å². The number of nitriles is 1. The molecule has 2 heterocycles. The van der Waals surface area contributed by atoms with Crippen LogP contribution in [0.5, 0.6) is 0 Å². The smallest absolute Gasteiger partial charge is 0.255 e. The van der Waals surface area contributed by atoms with Gasteiger partial charge in [-0.15, -0.1) is 0 Å². The molecule has 0 aliphatic rings. The SMILES string of the molecule is N#Cc1cccc(C(=O)Nc2ccc3oc(-c4cccnc4)nc3c2)c1. The molecule has 4 aromatic rings.